The van der Waals surface area contributed by atoms with Crippen molar-refractivity contribution in [1.82, 2.24) is 4.90 Å². The summed E-state index contributed by atoms with van der Waals surface area (Å²) in [5, 5.41) is 0. The van der Waals surface area contributed by atoms with E-state index in [1.807, 2.05) is 18.2 Å². The van der Waals surface area contributed by atoms with Gasteiger partial charge in [-0.15, -0.1) is 0 Å². The molecule has 3 nitrogen and oxygen atoms in total. The number of nitrogens with two attached hydrogens (primary N) is 1. The Morgan fingerprint density at radius 3 is 2.78 bits per heavy atom. The summed E-state index contributed by atoms with van der Waals surface area (Å²) in [6.07, 6.45) is 3.09. The quantitative estimate of drug-likeness (QED) is 0.879. The lowest BCUT2D eigenvalue weighted by Crippen LogP contribution is -2.28. The number of primary amides is 1. The highest BCUT2D eigenvalue weighted by Gasteiger charge is 2.26. The van der Waals surface area contributed by atoms with Gasteiger partial charge >= 0.3 is 0 Å². The largest absolute Gasteiger partial charge is 0.369 e. The number of hydrogen-bond acceptors (Lipinski definition) is 2. The van der Waals surface area contributed by atoms with Crippen LogP contribution in [0.3, 0.4) is 0 Å². The normalized spacial score (nSPS) is 21.2. The van der Waals surface area contributed by atoms with Crippen LogP contribution in [-0.2, 0) is 4.79 Å². The van der Waals surface area contributed by atoms with Gasteiger partial charge in [0.25, 0.3) is 0 Å². The summed E-state index contributed by atoms with van der Waals surface area (Å²) in [5.41, 5.74) is 7.87. The molecule has 1 amide bonds. The zero-order chi connectivity index (χ0) is 13.0. The molecule has 1 saturated heterocycles. The van der Waals surface area contributed by atoms with E-state index < -0.39 is 0 Å². The fourth-order valence-corrected chi connectivity index (χ4v) is 2.44. The minimum Gasteiger partial charge on any atom is -0.369 e. The van der Waals surface area contributed by atoms with Gasteiger partial charge in [-0.2, -0.15) is 0 Å². The second-order valence-electron chi connectivity index (χ2n) is 5.02. The molecule has 0 saturated carbocycles. The molecule has 96 valence electrons. The van der Waals surface area contributed by atoms with Gasteiger partial charge in [0.2, 0.25) is 5.91 Å². The van der Waals surface area contributed by atoms with Crippen molar-refractivity contribution in [2.45, 2.75) is 13.3 Å². The van der Waals surface area contributed by atoms with E-state index >= 15 is 0 Å². The maximum atomic E-state index is 11.1. The number of likely N-dealkylation sites (tertiary alicyclic amines) is 1. The first-order chi connectivity index (χ1) is 8.65. The molecule has 18 heavy (non-hydrogen) atoms. The molecule has 2 rings (SSSR count). The third-order valence-corrected chi connectivity index (χ3v) is 3.36. The number of carbonyl (C=O) groups excluding carboxylic acids is 1. The Bertz CT molecular complexity index is 439. The lowest BCUT2D eigenvalue weighted by molar-refractivity contribution is -0.121. The zero-order valence-electron chi connectivity index (χ0n) is 10.8. The van der Waals surface area contributed by atoms with E-state index in [4.69, 9.17) is 5.73 Å². The summed E-state index contributed by atoms with van der Waals surface area (Å²) in [6, 6.07) is 10.3. The third-order valence-electron chi connectivity index (χ3n) is 3.36. The molecule has 1 fully saturated rings. The number of hydrogen-bond donors (Lipinski definition) is 1. The topological polar surface area (TPSA) is 46.3 Å². The molecule has 1 heterocycles. The molecule has 1 aromatic carbocycles. The van der Waals surface area contributed by atoms with E-state index in [1.165, 1.54) is 11.1 Å². The second kappa shape index (κ2) is 5.83. The fourth-order valence-electron chi connectivity index (χ4n) is 2.44. The molecule has 0 spiro atoms. The Labute approximate surface area is 108 Å². The van der Waals surface area contributed by atoms with Gasteiger partial charge in [-0.3, -0.25) is 9.69 Å². The molecular formula is C15H20N2O. The number of amides is 1. The number of nitrogens with zero attached hydrogens (tertiary/aromatic N) is 1. The Kier molecular flexibility index (Phi) is 4.15. The summed E-state index contributed by atoms with van der Waals surface area (Å²) in [5.74, 6) is -0.128. The van der Waals surface area contributed by atoms with E-state index in [0.29, 0.717) is 0 Å². The highest BCUT2D eigenvalue weighted by Crippen LogP contribution is 2.17. The van der Waals surface area contributed by atoms with E-state index in [-0.39, 0.29) is 11.8 Å². The highest BCUT2D eigenvalue weighted by molar-refractivity contribution is 5.77. The van der Waals surface area contributed by atoms with Crippen molar-refractivity contribution in [3.05, 3.63) is 41.5 Å². The van der Waals surface area contributed by atoms with Crippen LogP contribution in [0, 0.1) is 5.92 Å². The van der Waals surface area contributed by atoms with Gasteiger partial charge in [0.05, 0.1) is 5.92 Å². The lowest BCUT2D eigenvalue weighted by Gasteiger charge is -2.15. The first-order valence-electron chi connectivity index (χ1n) is 6.39. The number of benzene rings is 1. The standard InChI is InChI=1S/C15H20N2O/c1-12(9-13-5-3-2-4-6-13)10-17-8-7-14(11-17)15(16)18/h2-6,9,14H,7-8,10-11H2,1H3,(H2,16,18). The van der Waals surface area contributed by atoms with Crippen molar-refractivity contribution in [2.24, 2.45) is 11.7 Å². The van der Waals surface area contributed by atoms with Crippen molar-refractivity contribution < 1.29 is 4.79 Å². The summed E-state index contributed by atoms with van der Waals surface area (Å²) < 4.78 is 0. The van der Waals surface area contributed by atoms with Crippen LogP contribution in [0.1, 0.15) is 18.9 Å². The Morgan fingerprint density at radius 1 is 1.44 bits per heavy atom. The van der Waals surface area contributed by atoms with Crippen LogP contribution in [-0.4, -0.2) is 30.4 Å². The number of carbonyl (C=O) groups is 1. The van der Waals surface area contributed by atoms with Crippen LogP contribution in [0.5, 0.6) is 0 Å². The first-order valence-corrected chi connectivity index (χ1v) is 6.39. The predicted molar refractivity (Wildman–Crippen MR) is 73.8 cm³/mol. The van der Waals surface area contributed by atoms with E-state index in [2.05, 4.69) is 30.0 Å². The summed E-state index contributed by atoms with van der Waals surface area (Å²) in [6.45, 7) is 4.81. The van der Waals surface area contributed by atoms with Crippen LogP contribution in [0.4, 0.5) is 0 Å². The molecule has 1 aliphatic rings. The van der Waals surface area contributed by atoms with Crippen molar-refractivity contribution in [3.63, 3.8) is 0 Å². The Hall–Kier alpha value is -1.61. The fraction of sp³-hybridized carbons (Fsp3) is 0.400. The minimum absolute atomic E-state index is 0.0366. The maximum absolute atomic E-state index is 11.1. The summed E-state index contributed by atoms with van der Waals surface area (Å²) in [4.78, 5) is 13.4. The van der Waals surface area contributed by atoms with E-state index in [0.717, 1.165) is 26.1 Å². The van der Waals surface area contributed by atoms with Crippen LogP contribution in [0.15, 0.2) is 35.9 Å². The predicted octanol–water partition coefficient (Wildman–Crippen LogP) is 1.90. The number of rotatable bonds is 4. The third kappa shape index (κ3) is 3.44. The Balaban J connectivity index is 1.91. The minimum atomic E-state index is -0.165. The van der Waals surface area contributed by atoms with Crippen LogP contribution >= 0.6 is 0 Å². The maximum Gasteiger partial charge on any atom is 0.221 e. The average molecular weight is 244 g/mol. The van der Waals surface area contributed by atoms with Gasteiger partial charge in [-0.05, 0) is 25.5 Å². The molecule has 2 N–H and O–H groups in total. The smallest absolute Gasteiger partial charge is 0.221 e. The van der Waals surface area contributed by atoms with E-state index in [1.54, 1.807) is 0 Å². The molecule has 1 unspecified atom stereocenters. The van der Waals surface area contributed by atoms with Crippen LogP contribution in [0.2, 0.25) is 0 Å². The molecular weight excluding hydrogens is 224 g/mol. The van der Waals surface area contributed by atoms with Crippen LogP contribution < -0.4 is 5.73 Å². The summed E-state index contributed by atoms with van der Waals surface area (Å²) in [7, 11) is 0. The highest BCUT2D eigenvalue weighted by atomic mass is 16.1. The van der Waals surface area contributed by atoms with E-state index in [9.17, 15) is 4.79 Å². The average Bonchev–Trinajstić information content (AvgIpc) is 2.78. The van der Waals surface area contributed by atoms with Crippen molar-refractivity contribution in [3.8, 4) is 0 Å². The van der Waals surface area contributed by atoms with Crippen LogP contribution in [0.25, 0.3) is 6.08 Å². The van der Waals surface area contributed by atoms with Crippen molar-refractivity contribution in [1.29, 1.82) is 0 Å². The molecule has 0 bridgehead atoms. The first kappa shape index (κ1) is 12.8. The molecule has 0 aliphatic carbocycles. The van der Waals surface area contributed by atoms with Gasteiger partial charge in [0, 0.05) is 13.1 Å². The molecule has 3 heteroatoms. The lowest BCUT2D eigenvalue weighted by atomic mass is 10.1. The second-order valence-corrected chi connectivity index (χ2v) is 5.02. The van der Waals surface area contributed by atoms with Gasteiger partial charge in [0.15, 0.2) is 0 Å². The molecule has 1 aromatic rings. The van der Waals surface area contributed by atoms with Gasteiger partial charge in [-0.25, -0.2) is 0 Å². The van der Waals surface area contributed by atoms with Gasteiger partial charge in [-0.1, -0.05) is 42.0 Å². The molecule has 0 aromatic heterocycles. The van der Waals surface area contributed by atoms with Gasteiger partial charge in [0.1, 0.15) is 0 Å². The Morgan fingerprint density at radius 2 is 2.17 bits per heavy atom. The molecule has 0 radical (unpaired) electrons. The SMILES string of the molecule is CC(=Cc1ccccc1)CN1CCC(C(N)=O)C1. The van der Waals surface area contributed by atoms with Crippen molar-refractivity contribution in [2.75, 3.05) is 19.6 Å². The monoisotopic (exact) mass is 244 g/mol. The van der Waals surface area contributed by atoms with Crippen molar-refractivity contribution >= 4 is 12.0 Å². The zero-order valence-corrected chi connectivity index (χ0v) is 10.8. The molecule has 1 aliphatic heterocycles. The summed E-state index contributed by atoms with van der Waals surface area (Å²) >= 11 is 0. The molecule has 1 atom stereocenters. The van der Waals surface area contributed by atoms with Gasteiger partial charge < -0.3 is 5.73 Å².